The van der Waals surface area contributed by atoms with Crippen LogP contribution in [-0.4, -0.2) is 11.7 Å². The molecule has 0 atom stereocenters. The topological polar surface area (TPSA) is 31.2 Å². The van der Waals surface area contributed by atoms with Gasteiger partial charge in [0.1, 0.15) is 5.75 Å². The average Bonchev–Trinajstić information content (AvgIpc) is 2.64. The minimum Gasteiger partial charge on any atom is -0.495 e. The summed E-state index contributed by atoms with van der Waals surface area (Å²) in [5.74, 6) is 0.721. The number of rotatable bonds is 3. The van der Waals surface area contributed by atoms with E-state index in [1.807, 2.05) is 47.9 Å². The predicted octanol–water partition coefficient (Wildman–Crippen LogP) is 4.52. The predicted molar refractivity (Wildman–Crippen MR) is 103 cm³/mol. The van der Waals surface area contributed by atoms with Crippen LogP contribution in [0.4, 0.5) is 0 Å². The first-order valence-electron chi connectivity index (χ1n) is 8.33. The van der Waals surface area contributed by atoms with Crippen LogP contribution < -0.4 is 10.3 Å². The highest BCUT2D eigenvalue weighted by atomic mass is 16.5. The number of benzene rings is 3. The molecule has 124 valence electrons. The fourth-order valence-electron chi connectivity index (χ4n) is 3.49. The third-order valence-electron chi connectivity index (χ3n) is 4.73. The molecule has 0 fully saturated rings. The van der Waals surface area contributed by atoms with Gasteiger partial charge in [-0.25, -0.2) is 0 Å². The van der Waals surface area contributed by atoms with Crippen LogP contribution in [0, 0.1) is 6.92 Å². The van der Waals surface area contributed by atoms with Gasteiger partial charge >= 0.3 is 0 Å². The molecule has 0 spiro atoms. The molecule has 3 aromatic carbocycles. The quantitative estimate of drug-likeness (QED) is 0.553. The van der Waals surface area contributed by atoms with E-state index in [2.05, 4.69) is 24.3 Å². The highest BCUT2D eigenvalue weighted by Gasteiger charge is 2.12. The van der Waals surface area contributed by atoms with E-state index in [0.717, 1.165) is 27.8 Å². The summed E-state index contributed by atoms with van der Waals surface area (Å²) in [4.78, 5) is 12.8. The molecule has 0 amide bonds. The van der Waals surface area contributed by atoms with Crippen LogP contribution in [-0.2, 0) is 6.54 Å². The maximum atomic E-state index is 12.8. The number of nitrogens with zero attached hydrogens (tertiary/aromatic N) is 1. The average molecular weight is 329 g/mol. The maximum absolute atomic E-state index is 12.8. The summed E-state index contributed by atoms with van der Waals surface area (Å²) < 4.78 is 7.35. The van der Waals surface area contributed by atoms with Crippen LogP contribution in [0.2, 0.25) is 0 Å². The lowest BCUT2D eigenvalue weighted by Crippen LogP contribution is -2.21. The van der Waals surface area contributed by atoms with Gasteiger partial charge in [-0.1, -0.05) is 54.6 Å². The molecule has 0 N–H and O–H groups in total. The first-order valence-corrected chi connectivity index (χ1v) is 8.33. The van der Waals surface area contributed by atoms with Gasteiger partial charge in [0.15, 0.2) is 0 Å². The Balaban J connectivity index is 2.00. The van der Waals surface area contributed by atoms with Crippen molar-refractivity contribution in [1.29, 1.82) is 0 Å². The van der Waals surface area contributed by atoms with E-state index in [0.29, 0.717) is 6.54 Å². The van der Waals surface area contributed by atoms with Crippen LogP contribution >= 0.6 is 0 Å². The second kappa shape index (κ2) is 6.10. The summed E-state index contributed by atoms with van der Waals surface area (Å²) >= 11 is 0. The van der Waals surface area contributed by atoms with Gasteiger partial charge in [-0.2, -0.15) is 0 Å². The van der Waals surface area contributed by atoms with Crippen molar-refractivity contribution in [2.45, 2.75) is 13.5 Å². The number of hydrogen-bond donors (Lipinski definition) is 0. The zero-order valence-corrected chi connectivity index (χ0v) is 14.3. The van der Waals surface area contributed by atoms with Crippen molar-refractivity contribution in [3.63, 3.8) is 0 Å². The molecule has 0 unspecified atom stereocenters. The van der Waals surface area contributed by atoms with Crippen LogP contribution in [0.15, 0.2) is 71.5 Å². The largest absolute Gasteiger partial charge is 0.495 e. The van der Waals surface area contributed by atoms with Crippen molar-refractivity contribution in [3.8, 4) is 5.75 Å². The normalized spacial score (nSPS) is 11.1. The highest BCUT2D eigenvalue weighted by molar-refractivity contribution is 5.89. The molecule has 0 aliphatic carbocycles. The Morgan fingerprint density at radius 3 is 2.48 bits per heavy atom. The Hall–Kier alpha value is -3.07. The SMILES string of the molecule is COc1cccc2c(C)cc(=O)n(Cc3cccc4ccccc34)c12. The Morgan fingerprint density at radius 1 is 0.920 bits per heavy atom. The van der Waals surface area contributed by atoms with Crippen molar-refractivity contribution < 1.29 is 4.74 Å². The number of ether oxygens (including phenoxy) is 1. The third kappa shape index (κ3) is 2.58. The van der Waals surface area contributed by atoms with Gasteiger partial charge in [-0.15, -0.1) is 0 Å². The maximum Gasteiger partial charge on any atom is 0.251 e. The van der Waals surface area contributed by atoms with Crippen molar-refractivity contribution >= 4 is 21.7 Å². The molecular weight excluding hydrogens is 310 g/mol. The van der Waals surface area contributed by atoms with E-state index in [1.54, 1.807) is 13.2 Å². The molecule has 4 rings (SSSR count). The second-order valence-electron chi connectivity index (χ2n) is 6.25. The smallest absolute Gasteiger partial charge is 0.251 e. The van der Waals surface area contributed by atoms with Gasteiger partial charge in [0, 0.05) is 11.5 Å². The lowest BCUT2D eigenvalue weighted by atomic mass is 10.0. The molecule has 0 radical (unpaired) electrons. The summed E-state index contributed by atoms with van der Waals surface area (Å²) in [5.41, 5.74) is 2.93. The van der Waals surface area contributed by atoms with Crippen molar-refractivity contribution in [2.75, 3.05) is 7.11 Å². The van der Waals surface area contributed by atoms with Crippen molar-refractivity contribution in [3.05, 3.63) is 88.2 Å². The number of aryl methyl sites for hydroxylation is 1. The Morgan fingerprint density at radius 2 is 1.64 bits per heavy atom. The Bertz CT molecular complexity index is 1140. The van der Waals surface area contributed by atoms with Gasteiger partial charge in [0.2, 0.25) is 0 Å². The van der Waals surface area contributed by atoms with Crippen LogP contribution in [0.25, 0.3) is 21.7 Å². The fourth-order valence-corrected chi connectivity index (χ4v) is 3.49. The number of fused-ring (bicyclic) bond motifs is 2. The summed E-state index contributed by atoms with van der Waals surface area (Å²) in [6.07, 6.45) is 0. The molecule has 4 aromatic rings. The minimum atomic E-state index is -0.0116. The molecule has 25 heavy (non-hydrogen) atoms. The van der Waals surface area contributed by atoms with Gasteiger partial charge < -0.3 is 9.30 Å². The zero-order valence-electron chi connectivity index (χ0n) is 14.3. The third-order valence-corrected chi connectivity index (χ3v) is 4.73. The number of para-hydroxylation sites is 1. The number of methoxy groups -OCH3 is 1. The summed E-state index contributed by atoms with van der Waals surface area (Å²) in [5, 5.41) is 3.39. The molecule has 0 bridgehead atoms. The van der Waals surface area contributed by atoms with Crippen LogP contribution in [0.1, 0.15) is 11.1 Å². The molecule has 0 aliphatic heterocycles. The van der Waals surface area contributed by atoms with Gasteiger partial charge in [0.25, 0.3) is 5.56 Å². The van der Waals surface area contributed by atoms with Crippen LogP contribution in [0.3, 0.4) is 0 Å². The molecule has 3 nitrogen and oxygen atoms in total. The first kappa shape index (κ1) is 15.5. The lowest BCUT2D eigenvalue weighted by molar-refractivity contribution is 0.417. The van der Waals surface area contributed by atoms with E-state index >= 15 is 0 Å². The monoisotopic (exact) mass is 329 g/mol. The van der Waals surface area contributed by atoms with Gasteiger partial charge in [-0.3, -0.25) is 4.79 Å². The van der Waals surface area contributed by atoms with E-state index in [4.69, 9.17) is 4.74 Å². The Kier molecular flexibility index (Phi) is 3.77. The number of pyridine rings is 1. The fraction of sp³-hybridized carbons (Fsp3) is 0.136. The van der Waals surface area contributed by atoms with E-state index < -0.39 is 0 Å². The summed E-state index contributed by atoms with van der Waals surface area (Å²) in [7, 11) is 1.64. The minimum absolute atomic E-state index is 0.0116. The summed E-state index contributed by atoms with van der Waals surface area (Å²) in [6.45, 7) is 2.47. The summed E-state index contributed by atoms with van der Waals surface area (Å²) in [6, 6.07) is 22.1. The van der Waals surface area contributed by atoms with Gasteiger partial charge in [0.05, 0.1) is 19.2 Å². The number of hydrogen-bond acceptors (Lipinski definition) is 2. The molecule has 3 heteroatoms. The molecule has 0 aliphatic rings. The van der Waals surface area contributed by atoms with Crippen molar-refractivity contribution in [1.82, 2.24) is 4.57 Å². The second-order valence-corrected chi connectivity index (χ2v) is 6.25. The first-order chi connectivity index (χ1) is 12.2. The lowest BCUT2D eigenvalue weighted by Gasteiger charge is -2.16. The van der Waals surface area contributed by atoms with E-state index in [1.165, 1.54) is 10.8 Å². The zero-order chi connectivity index (χ0) is 17.4. The molecule has 0 saturated heterocycles. The molecule has 1 aromatic heterocycles. The highest BCUT2D eigenvalue weighted by Crippen LogP contribution is 2.28. The van der Waals surface area contributed by atoms with E-state index in [-0.39, 0.29) is 5.56 Å². The van der Waals surface area contributed by atoms with E-state index in [9.17, 15) is 4.79 Å². The molecule has 0 saturated carbocycles. The molecule has 1 heterocycles. The number of aromatic nitrogens is 1. The molecular formula is C22H19NO2. The Labute approximate surface area is 146 Å². The van der Waals surface area contributed by atoms with Crippen LogP contribution in [0.5, 0.6) is 5.75 Å². The standard InChI is InChI=1S/C22H19NO2/c1-15-13-21(24)23(22-18(15)11-6-12-20(22)25-2)14-17-9-5-8-16-7-3-4-10-19(16)17/h3-13H,14H2,1-2H3. The van der Waals surface area contributed by atoms with Gasteiger partial charge in [-0.05, 0) is 34.9 Å². The van der Waals surface area contributed by atoms with Crippen molar-refractivity contribution in [2.24, 2.45) is 0 Å².